The third kappa shape index (κ3) is 9.27. The Labute approximate surface area is 182 Å². The topological polar surface area (TPSA) is 85.8 Å². The molecule has 0 amide bonds. The predicted octanol–water partition coefficient (Wildman–Crippen LogP) is 1.89. The van der Waals surface area contributed by atoms with Gasteiger partial charge in [0, 0.05) is 37.8 Å². The maximum Gasteiger partial charge on any atom is 0.209 e. The Bertz CT molecular complexity index is 576. The molecule has 1 aliphatic heterocycles. The van der Waals surface area contributed by atoms with Gasteiger partial charge in [-0.25, -0.2) is 13.1 Å². The molecule has 0 aromatic carbocycles. The Balaban J connectivity index is 0.00000364. The molecule has 0 spiro atoms. The SMILES string of the molecule is CN=C(NCC(C)(C)NS(C)(=O)=O)NC1CCCN(C2CCCCC2)C1.I. The number of nitrogens with one attached hydrogen (secondary N) is 3. The van der Waals surface area contributed by atoms with E-state index in [0.29, 0.717) is 12.6 Å². The van der Waals surface area contributed by atoms with Crippen molar-refractivity contribution in [2.75, 3.05) is 32.9 Å². The molecule has 1 saturated carbocycles. The number of hydrogen-bond donors (Lipinski definition) is 3. The van der Waals surface area contributed by atoms with Crippen molar-refractivity contribution >= 4 is 40.0 Å². The first-order chi connectivity index (χ1) is 12.2. The summed E-state index contributed by atoms with van der Waals surface area (Å²) in [6.07, 6.45) is 10.3. The number of guanidine groups is 1. The predicted molar refractivity (Wildman–Crippen MR) is 123 cm³/mol. The minimum absolute atomic E-state index is 0. The second-order valence-electron chi connectivity index (χ2n) is 8.45. The van der Waals surface area contributed by atoms with Gasteiger partial charge in [0.2, 0.25) is 10.0 Å². The van der Waals surface area contributed by atoms with Crippen LogP contribution in [0.4, 0.5) is 0 Å². The molecule has 2 rings (SSSR count). The minimum Gasteiger partial charge on any atom is -0.355 e. The van der Waals surface area contributed by atoms with Gasteiger partial charge in [0.15, 0.2) is 5.96 Å². The van der Waals surface area contributed by atoms with Crippen LogP contribution in [-0.4, -0.2) is 69.8 Å². The molecule has 160 valence electrons. The standard InChI is InChI=1S/C18H37N5O2S.HI/c1-18(2,22-26(4,24)25)14-20-17(19-3)21-15-9-8-12-23(13-15)16-10-6-5-7-11-16;/h15-16,22H,5-14H2,1-4H3,(H2,19,20,21);1H. The number of nitrogens with zero attached hydrogens (tertiary/aromatic N) is 2. The largest absolute Gasteiger partial charge is 0.355 e. The summed E-state index contributed by atoms with van der Waals surface area (Å²) >= 11 is 0. The molecule has 1 aliphatic carbocycles. The number of likely N-dealkylation sites (tertiary alicyclic amines) is 1. The second kappa shape index (κ2) is 11.2. The summed E-state index contributed by atoms with van der Waals surface area (Å²) in [5, 5.41) is 6.80. The number of halogens is 1. The first kappa shape index (κ1) is 24.9. The summed E-state index contributed by atoms with van der Waals surface area (Å²) in [5.41, 5.74) is -0.577. The summed E-state index contributed by atoms with van der Waals surface area (Å²) in [6, 6.07) is 1.14. The van der Waals surface area contributed by atoms with Crippen LogP contribution in [0.2, 0.25) is 0 Å². The van der Waals surface area contributed by atoms with Crippen molar-refractivity contribution in [1.82, 2.24) is 20.3 Å². The van der Waals surface area contributed by atoms with E-state index in [1.54, 1.807) is 7.05 Å². The van der Waals surface area contributed by atoms with Crippen LogP contribution in [0.3, 0.4) is 0 Å². The zero-order valence-electron chi connectivity index (χ0n) is 17.3. The molecular formula is C18H38IN5O2S. The molecule has 2 aliphatic rings. The molecule has 1 saturated heterocycles. The van der Waals surface area contributed by atoms with Gasteiger partial charge in [-0.05, 0) is 46.1 Å². The molecule has 0 bridgehead atoms. The molecule has 1 unspecified atom stereocenters. The van der Waals surface area contributed by atoms with Gasteiger partial charge < -0.3 is 10.6 Å². The summed E-state index contributed by atoms with van der Waals surface area (Å²) in [5.74, 6) is 0.740. The quantitative estimate of drug-likeness (QED) is 0.286. The summed E-state index contributed by atoms with van der Waals surface area (Å²) in [7, 11) is -1.48. The molecule has 7 nitrogen and oxygen atoms in total. The van der Waals surface area contributed by atoms with Crippen molar-refractivity contribution < 1.29 is 8.42 Å². The van der Waals surface area contributed by atoms with Crippen molar-refractivity contribution in [2.24, 2.45) is 4.99 Å². The molecule has 3 N–H and O–H groups in total. The second-order valence-corrected chi connectivity index (χ2v) is 10.2. The van der Waals surface area contributed by atoms with Gasteiger partial charge in [-0.3, -0.25) is 9.89 Å². The van der Waals surface area contributed by atoms with E-state index in [9.17, 15) is 8.42 Å². The van der Waals surface area contributed by atoms with Crippen molar-refractivity contribution in [3.63, 3.8) is 0 Å². The summed E-state index contributed by atoms with van der Waals surface area (Å²) < 4.78 is 25.6. The zero-order chi connectivity index (χ0) is 19.2. The molecule has 0 aromatic rings. The van der Waals surface area contributed by atoms with E-state index < -0.39 is 15.6 Å². The van der Waals surface area contributed by atoms with E-state index in [1.807, 2.05) is 13.8 Å². The lowest BCUT2D eigenvalue weighted by Crippen LogP contribution is -2.56. The monoisotopic (exact) mass is 515 g/mol. The smallest absolute Gasteiger partial charge is 0.209 e. The van der Waals surface area contributed by atoms with Crippen molar-refractivity contribution in [1.29, 1.82) is 0 Å². The van der Waals surface area contributed by atoms with Crippen LogP contribution < -0.4 is 15.4 Å². The van der Waals surface area contributed by atoms with Crippen molar-refractivity contribution in [2.45, 2.75) is 76.4 Å². The fourth-order valence-corrected chi connectivity index (χ4v) is 5.21. The Hall–Kier alpha value is -0.130. The first-order valence-electron chi connectivity index (χ1n) is 9.89. The fraction of sp³-hybridized carbons (Fsp3) is 0.944. The minimum atomic E-state index is -3.24. The lowest BCUT2D eigenvalue weighted by molar-refractivity contribution is 0.115. The number of piperidine rings is 1. The van der Waals surface area contributed by atoms with Crippen LogP contribution in [0.25, 0.3) is 0 Å². The van der Waals surface area contributed by atoms with Crippen LogP contribution in [0.15, 0.2) is 4.99 Å². The molecular weight excluding hydrogens is 477 g/mol. The van der Waals surface area contributed by atoms with Crippen LogP contribution in [0.5, 0.6) is 0 Å². The lowest BCUT2D eigenvalue weighted by atomic mass is 9.92. The van der Waals surface area contributed by atoms with Crippen LogP contribution in [0.1, 0.15) is 58.8 Å². The molecule has 1 atom stereocenters. The van der Waals surface area contributed by atoms with Crippen molar-refractivity contribution in [3.8, 4) is 0 Å². The first-order valence-corrected chi connectivity index (χ1v) is 11.8. The van der Waals surface area contributed by atoms with E-state index in [2.05, 4.69) is 25.2 Å². The highest BCUT2D eigenvalue weighted by molar-refractivity contribution is 14.0. The van der Waals surface area contributed by atoms with Crippen LogP contribution in [0, 0.1) is 0 Å². The van der Waals surface area contributed by atoms with Crippen LogP contribution >= 0.6 is 24.0 Å². The summed E-state index contributed by atoms with van der Waals surface area (Å²) in [6.45, 7) is 6.47. The van der Waals surface area contributed by atoms with Gasteiger partial charge in [-0.15, -0.1) is 24.0 Å². The third-order valence-corrected chi connectivity index (χ3v) is 6.19. The van der Waals surface area contributed by atoms with E-state index >= 15 is 0 Å². The number of rotatable bonds is 6. The van der Waals surface area contributed by atoms with Gasteiger partial charge in [-0.1, -0.05) is 19.3 Å². The Morgan fingerprint density at radius 3 is 2.41 bits per heavy atom. The van der Waals surface area contributed by atoms with E-state index in [-0.39, 0.29) is 24.0 Å². The highest BCUT2D eigenvalue weighted by Gasteiger charge is 2.28. The highest BCUT2D eigenvalue weighted by Crippen LogP contribution is 2.25. The third-order valence-electron chi connectivity index (χ3n) is 5.27. The van der Waals surface area contributed by atoms with E-state index in [0.717, 1.165) is 25.0 Å². The summed E-state index contributed by atoms with van der Waals surface area (Å²) in [4.78, 5) is 6.97. The van der Waals surface area contributed by atoms with E-state index in [1.165, 1.54) is 51.3 Å². The maximum atomic E-state index is 11.5. The lowest BCUT2D eigenvalue weighted by Gasteiger charge is -2.40. The van der Waals surface area contributed by atoms with Gasteiger partial charge >= 0.3 is 0 Å². The molecule has 2 fully saturated rings. The van der Waals surface area contributed by atoms with Crippen LogP contribution in [-0.2, 0) is 10.0 Å². The Morgan fingerprint density at radius 2 is 1.81 bits per heavy atom. The zero-order valence-corrected chi connectivity index (χ0v) is 20.4. The molecule has 0 aromatic heterocycles. The molecule has 27 heavy (non-hydrogen) atoms. The van der Waals surface area contributed by atoms with E-state index in [4.69, 9.17) is 0 Å². The Kier molecular flexibility index (Phi) is 10.3. The van der Waals surface area contributed by atoms with Gasteiger partial charge in [0.05, 0.1) is 6.26 Å². The number of hydrogen-bond acceptors (Lipinski definition) is 4. The van der Waals surface area contributed by atoms with Gasteiger partial charge in [0.25, 0.3) is 0 Å². The average Bonchev–Trinajstić information content (AvgIpc) is 2.57. The molecule has 0 radical (unpaired) electrons. The molecule has 9 heteroatoms. The highest BCUT2D eigenvalue weighted by atomic mass is 127. The average molecular weight is 516 g/mol. The van der Waals surface area contributed by atoms with Gasteiger partial charge in [-0.2, -0.15) is 0 Å². The number of sulfonamides is 1. The van der Waals surface area contributed by atoms with Gasteiger partial charge in [0.1, 0.15) is 0 Å². The number of aliphatic imine (C=N–C) groups is 1. The normalized spacial score (nSPS) is 23.6. The van der Waals surface area contributed by atoms with Crippen molar-refractivity contribution in [3.05, 3.63) is 0 Å². The Morgan fingerprint density at radius 1 is 1.15 bits per heavy atom. The maximum absolute atomic E-state index is 11.5. The fourth-order valence-electron chi connectivity index (χ4n) is 4.13. The molecule has 1 heterocycles.